The highest BCUT2D eigenvalue weighted by molar-refractivity contribution is 4.92. The van der Waals surface area contributed by atoms with Crippen LogP contribution in [0.25, 0.3) is 0 Å². The molecule has 2 aliphatic rings. The van der Waals surface area contributed by atoms with Gasteiger partial charge < -0.3 is 4.90 Å². The van der Waals surface area contributed by atoms with E-state index in [1.54, 1.807) is 0 Å². The predicted octanol–water partition coefficient (Wildman–Crippen LogP) is 2.98. The lowest BCUT2D eigenvalue weighted by Crippen LogP contribution is -2.41. The van der Waals surface area contributed by atoms with Crippen LogP contribution < -0.4 is 0 Å². The van der Waals surface area contributed by atoms with Crippen LogP contribution in [0.3, 0.4) is 0 Å². The second-order valence-electron chi connectivity index (χ2n) is 7.45. The second kappa shape index (κ2) is 4.89. The molecule has 17 heavy (non-hydrogen) atoms. The largest absolute Gasteiger partial charge is 0.303 e. The fraction of sp³-hybridized carbons (Fsp3) is 1.00. The summed E-state index contributed by atoms with van der Waals surface area (Å²) in [5.74, 6) is 0. The molecule has 0 aromatic heterocycles. The predicted molar refractivity (Wildman–Crippen MR) is 74.3 cm³/mol. The summed E-state index contributed by atoms with van der Waals surface area (Å²) >= 11 is 0. The zero-order valence-electron chi connectivity index (χ0n) is 12.3. The van der Waals surface area contributed by atoms with Gasteiger partial charge in [-0.1, -0.05) is 6.92 Å². The number of nitrogens with zero attached hydrogens (tertiary/aromatic N) is 2. The molecule has 1 unspecified atom stereocenters. The maximum atomic E-state index is 2.66. The van der Waals surface area contributed by atoms with Crippen LogP contribution in [0.5, 0.6) is 0 Å². The Bertz CT molecular complexity index is 250. The molecule has 2 rings (SSSR count). The third-order valence-corrected chi connectivity index (χ3v) is 4.74. The van der Waals surface area contributed by atoms with Gasteiger partial charge in [0, 0.05) is 12.1 Å². The van der Waals surface area contributed by atoms with Gasteiger partial charge in [0.2, 0.25) is 0 Å². The molecule has 0 amide bonds. The van der Waals surface area contributed by atoms with Crippen molar-refractivity contribution in [3.63, 3.8) is 0 Å². The Balaban J connectivity index is 1.80. The van der Waals surface area contributed by atoms with Crippen molar-refractivity contribution in [2.24, 2.45) is 5.41 Å². The van der Waals surface area contributed by atoms with Crippen LogP contribution >= 0.6 is 0 Å². The smallest absolute Gasteiger partial charge is 0.0125 e. The molecule has 0 spiro atoms. The first kappa shape index (κ1) is 13.4. The zero-order chi connectivity index (χ0) is 12.5. The van der Waals surface area contributed by atoms with Crippen molar-refractivity contribution in [2.75, 3.05) is 32.7 Å². The summed E-state index contributed by atoms with van der Waals surface area (Å²) in [5, 5.41) is 0. The molecule has 2 heterocycles. The lowest BCUT2D eigenvalue weighted by Gasteiger charge is -2.34. The summed E-state index contributed by atoms with van der Waals surface area (Å²) in [6, 6.07) is 0. The van der Waals surface area contributed by atoms with Crippen molar-refractivity contribution in [3.8, 4) is 0 Å². The van der Waals surface area contributed by atoms with E-state index in [2.05, 4.69) is 37.5 Å². The molecular formula is C15H30N2. The highest BCUT2D eigenvalue weighted by Crippen LogP contribution is 2.37. The molecule has 2 saturated heterocycles. The summed E-state index contributed by atoms with van der Waals surface area (Å²) < 4.78 is 0. The molecule has 2 fully saturated rings. The van der Waals surface area contributed by atoms with Gasteiger partial charge in [-0.25, -0.2) is 0 Å². The van der Waals surface area contributed by atoms with Crippen molar-refractivity contribution < 1.29 is 0 Å². The molecule has 2 aliphatic heterocycles. The van der Waals surface area contributed by atoms with Crippen molar-refractivity contribution in [2.45, 2.75) is 58.9 Å². The molecule has 0 aromatic carbocycles. The topological polar surface area (TPSA) is 6.48 Å². The molecule has 2 nitrogen and oxygen atoms in total. The van der Waals surface area contributed by atoms with Gasteiger partial charge in [0.25, 0.3) is 0 Å². The summed E-state index contributed by atoms with van der Waals surface area (Å²) in [7, 11) is 0. The van der Waals surface area contributed by atoms with Gasteiger partial charge in [0.05, 0.1) is 0 Å². The van der Waals surface area contributed by atoms with Crippen LogP contribution in [-0.2, 0) is 0 Å². The summed E-state index contributed by atoms with van der Waals surface area (Å²) in [5.41, 5.74) is 0.918. The molecule has 0 radical (unpaired) electrons. The Kier molecular flexibility index (Phi) is 3.84. The first-order valence-electron chi connectivity index (χ1n) is 7.37. The van der Waals surface area contributed by atoms with Crippen molar-refractivity contribution in [3.05, 3.63) is 0 Å². The maximum absolute atomic E-state index is 2.66. The minimum absolute atomic E-state index is 0.353. The molecular weight excluding hydrogens is 208 g/mol. The van der Waals surface area contributed by atoms with Gasteiger partial charge in [0.15, 0.2) is 0 Å². The molecule has 0 aromatic rings. The lowest BCUT2D eigenvalue weighted by atomic mass is 9.85. The van der Waals surface area contributed by atoms with E-state index >= 15 is 0 Å². The van der Waals surface area contributed by atoms with Gasteiger partial charge in [-0.05, 0) is 78.0 Å². The quantitative estimate of drug-likeness (QED) is 0.746. The fourth-order valence-corrected chi connectivity index (χ4v) is 3.23. The monoisotopic (exact) mass is 238 g/mol. The average molecular weight is 238 g/mol. The Morgan fingerprint density at radius 3 is 2.24 bits per heavy atom. The Morgan fingerprint density at radius 2 is 1.71 bits per heavy atom. The number of likely N-dealkylation sites (tertiary alicyclic amines) is 2. The first-order chi connectivity index (χ1) is 7.89. The van der Waals surface area contributed by atoms with Crippen molar-refractivity contribution in [1.82, 2.24) is 9.80 Å². The standard InChI is InChI=1S/C15H30N2/c1-14(2,3)17-12-8-15(4,13-17)7-11-16-9-5-6-10-16/h5-13H2,1-4H3. The van der Waals surface area contributed by atoms with E-state index in [1.165, 1.54) is 58.4 Å². The van der Waals surface area contributed by atoms with Gasteiger partial charge in [0.1, 0.15) is 0 Å². The van der Waals surface area contributed by atoms with E-state index in [1.807, 2.05) is 0 Å². The Hall–Kier alpha value is -0.0800. The lowest BCUT2D eigenvalue weighted by molar-refractivity contribution is 0.144. The highest BCUT2D eigenvalue weighted by Gasteiger charge is 2.38. The molecule has 0 saturated carbocycles. The SMILES string of the molecule is CC1(CCN2CCCC2)CCN(C(C)(C)C)C1. The van der Waals surface area contributed by atoms with Gasteiger partial charge in [-0.15, -0.1) is 0 Å². The number of hydrogen-bond donors (Lipinski definition) is 0. The summed E-state index contributed by atoms with van der Waals surface area (Å²) in [4.78, 5) is 5.32. The maximum Gasteiger partial charge on any atom is 0.0125 e. The summed E-state index contributed by atoms with van der Waals surface area (Å²) in [6.07, 6.45) is 5.62. The van der Waals surface area contributed by atoms with E-state index in [-0.39, 0.29) is 0 Å². The zero-order valence-corrected chi connectivity index (χ0v) is 12.3. The van der Waals surface area contributed by atoms with E-state index in [4.69, 9.17) is 0 Å². The van der Waals surface area contributed by atoms with E-state index < -0.39 is 0 Å². The number of rotatable bonds is 3. The fourth-order valence-electron chi connectivity index (χ4n) is 3.23. The molecule has 100 valence electrons. The van der Waals surface area contributed by atoms with Crippen molar-refractivity contribution in [1.29, 1.82) is 0 Å². The van der Waals surface area contributed by atoms with Crippen LogP contribution in [0.2, 0.25) is 0 Å². The average Bonchev–Trinajstić information content (AvgIpc) is 2.83. The highest BCUT2D eigenvalue weighted by atomic mass is 15.2. The van der Waals surface area contributed by atoms with Gasteiger partial charge in [-0.3, -0.25) is 4.90 Å². The normalized spacial score (nSPS) is 32.5. The molecule has 0 N–H and O–H groups in total. The van der Waals surface area contributed by atoms with Gasteiger partial charge >= 0.3 is 0 Å². The Morgan fingerprint density at radius 1 is 1.06 bits per heavy atom. The minimum Gasteiger partial charge on any atom is -0.303 e. The minimum atomic E-state index is 0.353. The molecule has 0 bridgehead atoms. The van der Waals surface area contributed by atoms with E-state index in [0.29, 0.717) is 11.0 Å². The first-order valence-corrected chi connectivity index (χ1v) is 7.37. The third kappa shape index (κ3) is 3.45. The second-order valence-corrected chi connectivity index (χ2v) is 7.45. The van der Waals surface area contributed by atoms with E-state index in [0.717, 1.165) is 0 Å². The van der Waals surface area contributed by atoms with Crippen LogP contribution in [0.15, 0.2) is 0 Å². The van der Waals surface area contributed by atoms with Crippen molar-refractivity contribution >= 4 is 0 Å². The molecule has 1 atom stereocenters. The van der Waals surface area contributed by atoms with Crippen LogP contribution in [0, 0.1) is 5.41 Å². The van der Waals surface area contributed by atoms with Gasteiger partial charge in [-0.2, -0.15) is 0 Å². The number of hydrogen-bond acceptors (Lipinski definition) is 2. The van der Waals surface area contributed by atoms with Crippen LogP contribution in [0.1, 0.15) is 53.4 Å². The molecule has 2 heteroatoms. The molecule has 0 aliphatic carbocycles. The van der Waals surface area contributed by atoms with Crippen LogP contribution in [0.4, 0.5) is 0 Å². The van der Waals surface area contributed by atoms with E-state index in [9.17, 15) is 0 Å². The third-order valence-electron chi connectivity index (χ3n) is 4.74. The Labute approximate surface area is 107 Å². The van der Waals surface area contributed by atoms with Crippen LogP contribution in [-0.4, -0.2) is 48.1 Å². The summed E-state index contributed by atoms with van der Waals surface area (Å²) in [6.45, 7) is 16.1.